The normalized spacial score (nSPS) is 17.5. The quantitative estimate of drug-likeness (QED) is 0.824. The first kappa shape index (κ1) is 17.7. The Bertz CT molecular complexity index is 856. The van der Waals surface area contributed by atoms with Crippen molar-refractivity contribution in [1.82, 2.24) is 14.8 Å². The zero-order valence-corrected chi connectivity index (χ0v) is 15.7. The van der Waals surface area contributed by atoms with E-state index in [1.165, 1.54) is 11.1 Å². The Balaban J connectivity index is 1.49. The lowest BCUT2D eigenvalue weighted by atomic mass is 9.98. The van der Waals surface area contributed by atoms with E-state index in [9.17, 15) is 9.59 Å². The molecule has 140 valence electrons. The number of carbonyl (C=O) groups is 2. The highest BCUT2D eigenvalue weighted by molar-refractivity contribution is 5.98. The molecular formula is C22H25N3O2. The maximum Gasteiger partial charge on any atom is 0.272 e. The Morgan fingerprint density at radius 3 is 2.48 bits per heavy atom. The van der Waals surface area contributed by atoms with Crippen molar-refractivity contribution >= 4 is 11.8 Å². The molecule has 0 atom stereocenters. The van der Waals surface area contributed by atoms with Crippen LogP contribution in [0.25, 0.3) is 0 Å². The van der Waals surface area contributed by atoms with Crippen molar-refractivity contribution in [2.24, 2.45) is 5.92 Å². The lowest BCUT2D eigenvalue weighted by Crippen LogP contribution is -2.38. The van der Waals surface area contributed by atoms with Crippen LogP contribution in [0.2, 0.25) is 0 Å². The molecule has 4 rings (SSSR count). The lowest BCUT2D eigenvalue weighted by molar-refractivity contribution is 0.0697. The summed E-state index contributed by atoms with van der Waals surface area (Å²) in [7, 11) is 0. The minimum atomic E-state index is -0.105. The maximum atomic E-state index is 12.9. The third-order valence-corrected chi connectivity index (χ3v) is 5.71. The molecule has 3 heterocycles. The molecule has 0 spiro atoms. The maximum absolute atomic E-state index is 12.9. The highest BCUT2D eigenvalue weighted by atomic mass is 16.2. The number of benzene rings is 1. The van der Waals surface area contributed by atoms with Crippen molar-refractivity contribution in [3.63, 3.8) is 0 Å². The van der Waals surface area contributed by atoms with Crippen LogP contribution in [-0.4, -0.2) is 46.2 Å². The Kier molecular flexibility index (Phi) is 4.92. The third kappa shape index (κ3) is 3.72. The van der Waals surface area contributed by atoms with Crippen LogP contribution in [0.5, 0.6) is 0 Å². The number of fused-ring (bicyclic) bond motifs is 1. The first-order valence-electron chi connectivity index (χ1n) is 9.73. The molecule has 1 saturated heterocycles. The number of hydrogen-bond acceptors (Lipinski definition) is 3. The first-order valence-corrected chi connectivity index (χ1v) is 9.73. The van der Waals surface area contributed by atoms with E-state index in [0.717, 1.165) is 32.4 Å². The van der Waals surface area contributed by atoms with Gasteiger partial charge < -0.3 is 9.80 Å². The number of pyridine rings is 1. The van der Waals surface area contributed by atoms with Gasteiger partial charge in [0.1, 0.15) is 5.69 Å². The summed E-state index contributed by atoms with van der Waals surface area (Å²) in [4.78, 5) is 33.7. The largest absolute Gasteiger partial charge is 0.339 e. The van der Waals surface area contributed by atoms with Crippen molar-refractivity contribution in [1.29, 1.82) is 0 Å². The summed E-state index contributed by atoms with van der Waals surface area (Å²) in [6.07, 6.45) is 4.50. The zero-order valence-electron chi connectivity index (χ0n) is 15.7. The minimum Gasteiger partial charge on any atom is -0.339 e. The summed E-state index contributed by atoms with van der Waals surface area (Å²) >= 11 is 0. The highest BCUT2D eigenvalue weighted by Gasteiger charge is 2.25. The lowest BCUT2D eigenvalue weighted by Gasteiger charge is -2.30. The second-order valence-corrected chi connectivity index (χ2v) is 7.65. The number of aromatic nitrogens is 1. The molecule has 2 amide bonds. The van der Waals surface area contributed by atoms with E-state index < -0.39 is 0 Å². The van der Waals surface area contributed by atoms with Gasteiger partial charge in [-0.2, -0.15) is 0 Å². The predicted molar refractivity (Wildman–Crippen MR) is 103 cm³/mol. The first-order chi connectivity index (χ1) is 13.1. The van der Waals surface area contributed by atoms with E-state index in [4.69, 9.17) is 0 Å². The molecule has 0 radical (unpaired) electrons. The fraction of sp³-hybridized carbons (Fsp3) is 0.409. The monoisotopic (exact) mass is 363 g/mol. The van der Waals surface area contributed by atoms with Gasteiger partial charge in [-0.05, 0) is 48.4 Å². The van der Waals surface area contributed by atoms with Crippen LogP contribution < -0.4 is 0 Å². The summed E-state index contributed by atoms with van der Waals surface area (Å²) in [5.74, 6) is 0.569. The molecular weight excluding hydrogens is 338 g/mol. The molecule has 1 aromatic carbocycles. The van der Waals surface area contributed by atoms with Gasteiger partial charge in [-0.15, -0.1) is 0 Å². The molecule has 1 fully saturated rings. The molecule has 5 nitrogen and oxygen atoms in total. The van der Waals surface area contributed by atoms with Gasteiger partial charge in [-0.1, -0.05) is 31.2 Å². The van der Waals surface area contributed by atoms with Crippen LogP contribution in [-0.2, 0) is 13.0 Å². The number of hydrogen-bond donors (Lipinski definition) is 0. The van der Waals surface area contributed by atoms with Crippen LogP contribution >= 0.6 is 0 Å². The molecule has 0 bridgehead atoms. The fourth-order valence-corrected chi connectivity index (χ4v) is 3.91. The summed E-state index contributed by atoms with van der Waals surface area (Å²) in [5.41, 5.74) is 3.40. The topological polar surface area (TPSA) is 53.5 Å². The Morgan fingerprint density at radius 1 is 0.963 bits per heavy atom. The molecule has 0 N–H and O–H groups in total. The van der Waals surface area contributed by atoms with Crippen LogP contribution in [0.3, 0.4) is 0 Å². The number of amides is 2. The van der Waals surface area contributed by atoms with Gasteiger partial charge in [0.05, 0.1) is 0 Å². The number of carbonyl (C=O) groups excluding carboxylic acids is 2. The van der Waals surface area contributed by atoms with Gasteiger partial charge in [0.2, 0.25) is 0 Å². The van der Waals surface area contributed by atoms with Crippen LogP contribution in [0.15, 0.2) is 42.6 Å². The SMILES string of the molecule is CC1CCN(C(=O)c2ccnc(C(=O)N3CCc4ccccc4C3)c2)CC1. The number of piperidine rings is 1. The summed E-state index contributed by atoms with van der Waals surface area (Å²) in [6.45, 7) is 5.07. The average Bonchev–Trinajstić information content (AvgIpc) is 2.73. The molecule has 1 aromatic heterocycles. The van der Waals surface area contributed by atoms with Crippen molar-refractivity contribution < 1.29 is 9.59 Å². The zero-order chi connectivity index (χ0) is 18.8. The van der Waals surface area contributed by atoms with E-state index in [2.05, 4.69) is 24.0 Å². The molecule has 0 aliphatic carbocycles. The van der Waals surface area contributed by atoms with Gasteiger partial charge in [-0.3, -0.25) is 14.6 Å². The second-order valence-electron chi connectivity index (χ2n) is 7.65. The van der Waals surface area contributed by atoms with Gasteiger partial charge in [0.25, 0.3) is 11.8 Å². The molecule has 5 heteroatoms. The predicted octanol–water partition coefficient (Wildman–Crippen LogP) is 3.15. The average molecular weight is 363 g/mol. The van der Waals surface area contributed by atoms with Crippen molar-refractivity contribution in [2.75, 3.05) is 19.6 Å². The van der Waals surface area contributed by atoms with Crippen LogP contribution in [0, 0.1) is 5.92 Å². The van der Waals surface area contributed by atoms with Crippen molar-refractivity contribution in [3.05, 3.63) is 65.0 Å². The molecule has 2 aliphatic heterocycles. The van der Waals surface area contributed by atoms with E-state index in [-0.39, 0.29) is 11.8 Å². The van der Waals surface area contributed by atoms with Crippen molar-refractivity contribution in [3.8, 4) is 0 Å². The van der Waals surface area contributed by atoms with Gasteiger partial charge >= 0.3 is 0 Å². The van der Waals surface area contributed by atoms with Crippen molar-refractivity contribution in [2.45, 2.75) is 32.7 Å². The van der Waals surface area contributed by atoms with E-state index in [0.29, 0.717) is 30.3 Å². The van der Waals surface area contributed by atoms with E-state index in [1.807, 2.05) is 21.9 Å². The summed E-state index contributed by atoms with van der Waals surface area (Å²) in [5, 5.41) is 0. The van der Waals surface area contributed by atoms with E-state index >= 15 is 0 Å². The van der Waals surface area contributed by atoms with E-state index in [1.54, 1.807) is 18.3 Å². The molecule has 27 heavy (non-hydrogen) atoms. The number of nitrogens with zero attached hydrogens (tertiary/aromatic N) is 3. The van der Waals surface area contributed by atoms with Crippen LogP contribution in [0.4, 0.5) is 0 Å². The molecule has 0 saturated carbocycles. The van der Waals surface area contributed by atoms with Gasteiger partial charge in [-0.25, -0.2) is 0 Å². The standard InChI is InChI=1S/C22H25N3O2/c1-16-7-11-24(12-8-16)21(26)18-6-10-23-20(14-18)22(27)25-13-9-17-4-2-3-5-19(17)15-25/h2-6,10,14,16H,7-9,11-13,15H2,1H3. The Morgan fingerprint density at radius 2 is 1.70 bits per heavy atom. The number of likely N-dealkylation sites (tertiary alicyclic amines) is 1. The molecule has 2 aliphatic rings. The minimum absolute atomic E-state index is 0.00217. The Hall–Kier alpha value is -2.69. The van der Waals surface area contributed by atoms with Gasteiger partial charge in [0, 0.05) is 37.9 Å². The smallest absolute Gasteiger partial charge is 0.272 e. The third-order valence-electron chi connectivity index (χ3n) is 5.71. The fourth-order valence-electron chi connectivity index (χ4n) is 3.91. The number of rotatable bonds is 2. The van der Waals surface area contributed by atoms with Gasteiger partial charge in [0.15, 0.2) is 0 Å². The second kappa shape index (κ2) is 7.51. The molecule has 2 aromatic rings. The van der Waals surface area contributed by atoms with Crippen LogP contribution in [0.1, 0.15) is 51.7 Å². The Labute approximate surface area is 160 Å². The summed E-state index contributed by atoms with van der Waals surface area (Å²) in [6, 6.07) is 11.6. The summed E-state index contributed by atoms with van der Waals surface area (Å²) < 4.78 is 0. The highest BCUT2D eigenvalue weighted by Crippen LogP contribution is 2.21. The molecule has 0 unspecified atom stereocenters.